The maximum atomic E-state index is 14.1. The van der Waals surface area contributed by atoms with Crippen molar-refractivity contribution in [2.75, 3.05) is 10.7 Å². The lowest BCUT2D eigenvalue weighted by Crippen LogP contribution is -2.34. The molecule has 0 radical (unpaired) electrons. The molecule has 0 N–H and O–H groups in total. The molecule has 5 heteroatoms. The molecule has 0 fully saturated rings. The number of alkyl halides is 2. The van der Waals surface area contributed by atoms with Crippen molar-refractivity contribution < 1.29 is 4.39 Å². The third-order valence-corrected chi connectivity index (χ3v) is 6.23. The molecular weight excluding hydrogens is 393 g/mol. The minimum atomic E-state index is -0.310. The Kier molecular flexibility index (Phi) is 5.15. The van der Waals surface area contributed by atoms with Gasteiger partial charge in [0.05, 0.1) is 5.01 Å². The average Bonchev–Trinajstić information content (AvgIpc) is 2.82. The third kappa shape index (κ3) is 3.26. The molecule has 0 atom stereocenters. The lowest BCUT2D eigenvalue weighted by molar-refractivity contribution is 0.500. The van der Waals surface area contributed by atoms with Gasteiger partial charge in [-0.3, -0.25) is 0 Å². The average molecular weight is 407 g/mol. The van der Waals surface area contributed by atoms with Crippen molar-refractivity contribution in [2.24, 2.45) is 0 Å². The first-order chi connectivity index (χ1) is 9.11. The molecular formula is C14H14Br2FNS. The quantitative estimate of drug-likeness (QED) is 0.646. The second-order valence-electron chi connectivity index (χ2n) is 4.59. The van der Waals surface area contributed by atoms with E-state index in [1.54, 1.807) is 17.4 Å². The predicted octanol–water partition coefficient (Wildman–Crippen LogP) is 4.86. The molecule has 0 aliphatic rings. The Balaban J connectivity index is 2.40. The molecule has 102 valence electrons. The summed E-state index contributed by atoms with van der Waals surface area (Å²) in [4.78, 5) is 4.50. The number of thiazole rings is 1. The van der Waals surface area contributed by atoms with E-state index in [1.165, 1.54) is 6.07 Å². The van der Waals surface area contributed by atoms with Crippen LogP contribution in [0.3, 0.4) is 0 Å². The van der Waals surface area contributed by atoms with Gasteiger partial charge < -0.3 is 0 Å². The molecule has 1 aromatic carbocycles. The van der Waals surface area contributed by atoms with Crippen LogP contribution in [-0.2, 0) is 11.8 Å². The number of hydrogen-bond donors (Lipinski definition) is 0. The number of halogens is 3. The van der Waals surface area contributed by atoms with Gasteiger partial charge in [-0.1, -0.05) is 50.1 Å². The van der Waals surface area contributed by atoms with Crippen molar-refractivity contribution in [3.05, 3.63) is 51.7 Å². The Labute approximate surface area is 133 Å². The van der Waals surface area contributed by atoms with Crippen molar-refractivity contribution in [1.82, 2.24) is 4.98 Å². The SMILES string of the molecule is Cc1csc(CC(CBr)(CBr)c2ccccc2F)n1. The van der Waals surface area contributed by atoms with E-state index >= 15 is 0 Å². The van der Waals surface area contributed by atoms with E-state index in [0.717, 1.165) is 22.7 Å². The zero-order valence-corrected chi connectivity index (χ0v) is 14.5. The standard InChI is InChI=1S/C14H14Br2FNS/c1-10-7-19-13(18-10)6-14(8-15,9-16)11-4-2-3-5-12(11)17/h2-5,7H,6,8-9H2,1H3. The van der Waals surface area contributed by atoms with Crippen molar-refractivity contribution in [1.29, 1.82) is 0 Å². The first-order valence-corrected chi connectivity index (χ1v) is 9.01. The van der Waals surface area contributed by atoms with E-state index in [1.807, 2.05) is 24.4 Å². The normalized spacial score (nSPS) is 11.8. The summed E-state index contributed by atoms with van der Waals surface area (Å²) in [7, 11) is 0. The molecule has 19 heavy (non-hydrogen) atoms. The highest BCUT2D eigenvalue weighted by atomic mass is 79.9. The third-order valence-electron chi connectivity index (χ3n) is 3.11. The fraction of sp³-hybridized carbons (Fsp3) is 0.357. The first kappa shape index (κ1) is 15.1. The Bertz CT molecular complexity index is 552. The van der Waals surface area contributed by atoms with Crippen molar-refractivity contribution in [2.45, 2.75) is 18.8 Å². The monoisotopic (exact) mass is 405 g/mol. The zero-order valence-electron chi connectivity index (χ0n) is 10.5. The van der Waals surface area contributed by atoms with E-state index in [9.17, 15) is 4.39 Å². The maximum absolute atomic E-state index is 14.1. The van der Waals surface area contributed by atoms with Gasteiger partial charge in [-0.2, -0.15) is 0 Å². The van der Waals surface area contributed by atoms with Gasteiger partial charge in [0.25, 0.3) is 0 Å². The molecule has 0 aliphatic carbocycles. The van der Waals surface area contributed by atoms with Crippen molar-refractivity contribution >= 4 is 43.2 Å². The maximum Gasteiger partial charge on any atom is 0.127 e. The molecule has 0 spiro atoms. The Morgan fingerprint density at radius 1 is 1.26 bits per heavy atom. The summed E-state index contributed by atoms with van der Waals surface area (Å²) in [6.07, 6.45) is 0.725. The fourth-order valence-electron chi connectivity index (χ4n) is 2.03. The minimum Gasteiger partial charge on any atom is -0.247 e. The van der Waals surface area contributed by atoms with Crippen LogP contribution in [0.1, 0.15) is 16.3 Å². The number of rotatable bonds is 5. The number of aryl methyl sites for hydroxylation is 1. The van der Waals surface area contributed by atoms with Crippen molar-refractivity contribution in [3.8, 4) is 0 Å². The number of hydrogen-bond acceptors (Lipinski definition) is 2. The molecule has 0 amide bonds. The van der Waals surface area contributed by atoms with Crippen molar-refractivity contribution in [3.63, 3.8) is 0 Å². The lowest BCUT2D eigenvalue weighted by Gasteiger charge is -2.30. The van der Waals surface area contributed by atoms with E-state index in [-0.39, 0.29) is 11.2 Å². The fourth-order valence-corrected chi connectivity index (χ4v) is 4.88. The van der Waals surface area contributed by atoms with Crippen LogP contribution in [0.4, 0.5) is 4.39 Å². The van der Waals surface area contributed by atoms with Gasteiger partial charge in [0.15, 0.2) is 0 Å². The summed E-state index contributed by atoms with van der Waals surface area (Å²) in [5, 5.41) is 4.44. The highest BCUT2D eigenvalue weighted by Crippen LogP contribution is 2.35. The van der Waals surface area contributed by atoms with E-state index in [0.29, 0.717) is 10.7 Å². The van der Waals surface area contributed by atoms with Gasteiger partial charge in [0, 0.05) is 33.6 Å². The summed E-state index contributed by atoms with van der Waals surface area (Å²) in [6, 6.07) is 6.98. The summed E-state index contributed by atoms with van der Waals surface area (Å²) >= 11 is 8.73. The predicted molar refractivity (Wildman–Crippen MR) is 86.2 cm³/mol. The molecule has 0 saturated heterocycles. The summed E-state index contributed by atoms with van der Waals surface area (Å²) in [5.74, 6) is -0.158. The van der Waals surface area contributed by atoms with E-state index in [4.69, 9.17) is 0 Å². The topological polar surface area (TPSA) is 12.9 Å². The van der Waals surface area contributed by atoms with Gasteiger partial charge in [0.1, 0.15) is 5.82 Å². The number of nitrogens with zero attached hydrogens (tertiary/aromatic N) is 1. The van der Waals surface area contributed by atoms with Crippen LogP contribution in [0.15, 0.2) is 29.6 Å². The number of benzene rings is 1. The van der Waals surface area contributed by atoms with Gasteiger partial charge in [-0.15, -0.1) is 11.3 Å². The summed E-state index contributed by atoms with van der Waals surface area (Å²) in [5.41, 5.74) is 1.44. The molecule has 0 aliphatic heterocycles. The smallest absolute Gasteiger partial charge is 0.127 e. The first-order valence-electron chi connectivity index (χ1n) is 5.89. The Hall–Kier alpha value is -0.260. The second kappa shape index (κ2) is 6.46. The van der Waals surface area contributed by atoms with Crippen LogP contribution in [-0.4, -0.2) is 15.6 Å². The van der Waals surface area contributed by atoms with Crippen LogP contribution in [0, 0.1) is 12.7 Å². The molecule has 0 bridgehead atoms. The molecule has 1 heterocycles. The second-order valence-corrected chi connectivity index (χ2v) is 6.65. The summed E-state index contributed by atoms with van der Waals surface area (Å²) in [6.45, 7) is 1.98. The van der Waals surface area contributed by atoms with E-state index in [2.05, 4.69) is 36.8 Å². The molecule has 2 rings (SSSR count). The molecule has 2 aromatic rings. The highest BCUT2D eigenvalue weighted by molar-refractivity contribution is 9.09. The largest absolute Gasteiger partial charge is 0.247 e. The molecule has 1 nitrogen and oxygen atoms in total. The van der Waals surface area contributed by atoms with Gasteiger partial charge >= 0.3 is 0 Å². The van der Waals surface area contributed by atoms with Crippen LogP contribution < -0.4 is 0 Å². The van der Waals surface area contributed by atoms with Crippen LogP contribution in [0.25, 0.3) is 0 Å². The summed E-state index contributed by atoms with van der Waals surface area (Å²) < 4.78 is 14.1. The molecule has 0 saturated carbocycles. The van der Waals surface area contributed by atoms with Gasteiger partial charge in [-0.25, -0.2) is 9.37 Å². The number of aromatic nitrogens is 1. The Morgan fingerprint density at radius 3 is 2.47 bits per heavy atom. The Morgan fingerprint density at radius 2 is 1.95 bits per heavy atom. The van der Waals surface area contributed by atoms with Crippen LogP contribution in [0.2, 0.25) is 0 Å². The van der Waals surface area contributed by atoms with Crippen LogP contribution >= 0.6 is 43.2 Å². The van der Waals surface area contributed by atoms with Gasteiger partial charge in [0.2, 0.25) is 0 Å². The molecule has 1 aromatic heterocycles. The minimum absolute atomic E-state index is 0.158. The van der Waals surface area contributed by atoms with Crippen LogP contribution in [0.5, 0.6) is 0 Å². The highest BCUT2D eigenvalue weighted by Gasteiger charge is 2.33. The lowest BCUT2D eigenvalue weighted by atomic mass is 9.81. The molecule has 0 unspecified atom stereocenters. The zero-order chi connectivity index (χ0) is 13.9. The van der Waals surface area contributed by atoms with E-state index < -0.39 is 0 Å². The van der Waals surface area contributed by atoms with Gasteiger partial charge in [-0.05, 0) is 18.6 Å².